The third kappa shape index (κ3) is 7.11. The topological polar surface area (TPSA) is 87.7 Å². The molecule has 32 heavy (non-hydrogen) atoms. The van der Waals surface area contributed by atoms with E-state index in [1.165, 1.54) is 0 Å². The summed E-state index contributed by atoms with van der Waals surface area (Å²) in [5.41, 5.74) is 1.66. The van der Waals surface area contributed by atoms with Crippen molar-refractivity contribution in [1.82, 2.24) is 10.2 Å². The van der Waals surface area contributed by atoms with Gasteiger partial charge in [0, 0.05) is 37.7 Å². The van der Waals surface area contributed by atoms with Crippen LogP contribution >= 0.6 is 0 Å². The number of rotatable bonds is 9. The van der Waals surface area contributed by atoms with Gasteiger partial charge in [-0.2, -0.15) is 0 Å². The highest BCUT2D eigenvalue weighted by atomic mass is 16.5. The van der Waals surface area contributed by atoms with Crippen LogP contribution in [0, 0.1) is 5.92 Å². The molecule has 1 heterocycles. The minimum absolute atomic E-state index is 0.00180. The van der Waals surface area contributed by atoms with Gasteiger partial charge < -0.3 is 20.3 Å². The van der Waals surface area contributed by atoms with E-state index >= 15 is 0 Å². The number of amides is 3. The fourth-order valence-corrected chi connectivity index (χ4v) is 3.69. The lowest BCUT2D eigenvalue weighted by molar-refractivity contribution is -0.137. The predicted molar refractivity (Wildman–Crippen MR) is 123 cm³/mol. The van der Waals surface area contributed by atoms with Gasteiger partial charge in [0.2, 0.25) is 11.8 Å². The monoisotopic (exact) mass is 437 g/mol. The summed E-state index contributed by atoms with van der Waals surface area (Å²) in [7, 11) is 0. The van der Waals surface area contributed by atoms with Crippen LogP contribution in [0.15, 0.2) is 54.6 Å². The van der Waals surface area contributed by atoms with Crippen LogP contribution in [0.5, 0.6) is 5.75 Å². The molecule has 0 spiro atoms. The van der Waals surface area contributed by atoms with Crippen LogP contribution in [0.4, 0.5) is 5.69 Å². The molecule has 1 fully saturated rings. The average Bonchev–Trinajstić information content (AvgIpc) is 2.82. The lowest BCUT2D eigenvalue weighted by Crippen LogP contribution is -2.44. The Morgan fingerprint density at radius 3 is 2.50 bits per heavy atom. The fraction of sp³-hybridized carbons (Fsp3) is 0.400. The number of piperidine rings is 1. The minimum Gasteiger partial charge on any atom is -0.484 e. The second-order valence-corrected chi connectivity index (χ2v) is 7.97. The maximum atomic E-state index is 12.6. The molecular formula is C25H31N3O4. The number of carbonyl (C=O) groups excluding carboxylic acids is 3. The van der Waals surface area contributed by atoms with Crippen LogP contribution in [0.1, 0.15) is 38.2 Å². The van der Waals surface area contributed by atoms with Crippen molar-refractivity contribution in [2.75, 3.05) is 25.0 Å². The number of hydrogen-bond donors (Lipinski definition) is 2. The molecule has 1 aliphatic heterocycles. The van der Waals surface area contributed by atoms with Gasteiger partial charge in [0.1, 0.15) is 5.75 Å². The Morgan fingerprint density at radius 2 is 1.78 bits per heavy atom. The van der Waals surface area contributed by atoms with E-state index in [4.69, 9.17) is 4.74 Å². The maximum absolute atomic E-state index is 12.6. The van der Waals surface area contributed by atoms with Crippen molar-refractivity contribution in [3.05, 3.63) is 60.2 Å². The van der Waals surface area contributed by atoms with Crippen molar-refractivity contribution in [2.45, 2.75) is 39.2 Å². The van der Waals surface area contributed by atoms with Crippen molar-refractivity contribution < 1.29 is 19.1 Å². The Morgan fingerprint density at radius 1 is 1.03 bits per heavy atom. The van der Waals surface area contributed by atoms with Gasteiger partial charge in [-0.05, 0) is 49.1 Å². The summed E-state index contributed by atoms with van der Waals surface area (Å²) in [6, 6.07) is 16.8. The number of nitrogens with zero attached hydrogens (tertiary/aromatic N) is 1. The summed E-state index contributed by atoms with van der Waals surface area (Å²) in [6.45, 7) is 3.47. The molecular weight excluding hydrogens is 406 g/mol. The van der Waals surface area contributed by atoms with E-state index in [1.54, 1.807) is 4.90 Å². The molecule has 0 unspecified atom stereocenters. The first-order valence-electron chi connectivity index (χ1n) is 11.2. The third-order valence-corrected chi connectivity index (χ3v) is 5.48. The fourth-order valence-electron chi connectivity index (χ4n) is 3.69. The van der Waals surface area contributed by atoms with E-state index in [9.17, 15) is 14.4 Å². The molecule has 0 bridgehead atoms. The summed E-state index contributed by atoms with van der Waals surface area (Å²) >= 11 is 0. The zero-order valence-corrected chi connectivity index (χ0v) is 18.5. The second-order valence-electron chi connectivity index (χ2n) is 7.97. The Labute approximate surface area is 189 Å². The van der Waals surface area contributed by atoms with Crippen LogP contribution in [0.25, 0.3) is 0 Å². The summed E-state index contributed by atoms with van der Waals surface area (Å²) in [5.74, 6) is 0.488. The van der Waals surface area contributed by atoms with Gasteiger partial charge in [0.05, 0.1) is 0 Å². The minimum atomic E-state index is -0.110. The van der Waals surface area contributed by atoms with Crippen molar-refractivity contribution in [2.24, 2.45) is 5.92 Å². The number of likely N-dealkylation sites (tertiary alicyclic amines) is 1. The second kappa shape index (κ2) is 11.9. The molecule has 0 aromatic heterocycles. The number of hydrogen-bond acceptors (Lipinski definition) is 4. The van der Waals surface area contributed by atoms with Crippen molar-refractivity contribution in [3.63, 3.8) is 0 Å². The molecule has 2 N–H and O–H groups in total. The average molecular weight is 438 g/mol. The lowest BCUT2D eigenvalue weighted by atomic mass is 9.95. The molecule has 3 amide bonds. The molecule has 7 nitrogen and oxygen atoms in total. The standard InChI is InChI=1S/C25H31N3O4/c1-2-7-23(29)27-21-9-6-8-19(16-21)17-26-25(31)20-12-14-28(15-13-20)24(30)18-32-22-10-4-3-5-11-22/h3-6,8-11,16,20H,2,7,12-15,17-18H2,1H3,(H,26,31)(H,27,29). The summed E-state index contributed by atoms with van der Waals surface area (Å²) < 4.78 is 5.53. The first kappa shape index (κ1) is 23.3. The van der Waals surface area contributed by atoms with Crippen LogP contribution in [0.2, 0.25) is 0 Å². The van der Waals surface area contributed by atoms with Gasteiger partial charge in [0.15, 0.2) is 6.61 Å². The van der Waals surface area contributed by atoms with Crippen LogP contribution in [-0.4, -0.2) is 42.3 Å². The van der Waals surface area contributed by atoms with Gasteiger partial charge in [-0.3, -0.25) is 14.4 Å². The van der Waals surface area contributed by atoms with Crippen LogP contribution in [0.3, 0.4) is 0 Å². The smallest absolute Gasteiger partial charge is 0.260 e. The SMILES string of the molecule is CCCC(=O)Nc1cccc(CNC(=O)C2CCN(C(=O)COc3ccccc3)CC2)c1. The molecule has 1 aliphatic rings. The zero-order valence-electron chi connectivity index (χ0n) is 18.5. The molecule has 170 valence electrons. The molecule has 1 saturated heterocycles. The molecule has 0 atom stereocenters. The summed E-state index contributed by atoms with van der Waals surface area (Å²) in [6.07, 6.45) is 2.55. The number of ether oxygens (including phenoxy) is 1. The molecule has 0 saturated carbocycles. The Kier molecular flexibility index (Phi) is 8.66. The number of nitrogens with one attached hydrogen (secondary N) is 2. The predicted octanol–water partition coefficient (Wildman–Crippen LogP) is 3.36. The van der Waals surface area contributed by atoms with E-state index in [1.807, 2.05) is 61.5 Å². The zero-order chi connectivity index (χ0) is 22.8. The molecule has 2 aromatic rings. The van der Waals surface area contributed by atoms with Crippen molar-refractivity contribution >= 4 is 23.4 Å². The van der Waals surface area contributed by atoms with E-state index in [0.29, 0.717) is 44.6 Å². The number of carbonyl (C=O) groups is 3. The number of anilines is 1. The van der Waals surface area contributed by atoms with Gasteiger partial charge in [0.25, 0.3) is 5.91 Å². The van der Waals surface area contributed by atoms with Crippen molar-refractivity contribution in [3.8, 4) is 5.75 Å². The quantitative estimate of drug-likeness (QED) is 0.630. The Hall–Kier alpha value is -3.35. The van der Waals surface area contributed by atoms with Crippen molar-refractivity contribution in [1.29, 1.82) is 0 Å². The van der Waals surface area contributed by atoms with Gasteiger partial charge in [-0.1, -0.05) is 37.3 Å². The van der Waals surface area contributed by atoms with Gasteiger partial charge >= 0.3 is 0 Å². The molecule has 0 radical (unpaired) electrons. The number of benzene rings is 2. The highest BCUT2D eigenvalue weighted by Crippen LogP contribution is 2.19. The van der Waals surface area contributed by atoms with E-state index < -0.39 is 0 Å². The Bertz CT molecular complexity index is 908. The lowest BCUT2D eigenvalue weighted by Gasteiger charge is -2.31. The largest absolute Gasteiger partial charge is 0.484 e. The first-order chi connectivity index (χ1) is 15.5. The Balaban J connectivity index is 1.40. The highest BCUT2D eigenvalue weighted by molar-refractivity contribution is 5.90. The molecule has 3 rings (SSSR count). The van der Waals surface area contributed by atoms with E-state index in [-0.39, 0.29) is 30.2 Å². The van der Waals surface area contributed by atoms with Crippen LogP contribution in [-0.2, 0) is 20.9 Å². The van der Waals surface area contributed by atoms with Gasteiger partial charge in [-0.15, -0.1) is 0 Å². The number of para-hydroxylation sites is 1. The third-order valence-electron chi connectivity index (χ3n) is 5.48. The highest BCUT2D eigenvalue weighted by Gasteiger charge is 2.27. The summed E-state index contributed by atoms with van der Waals surface area (Å²) in [5, 5.41) is 5.86. The molecule has 7 heteroatoms. The van der Waals surface area contributed by atoms with Gasteiger partial charge in [-0.25, -0.2) is 0 Å². The normalized spacial score (nSPS) is 14.0. The van der Waals surface area contributed by atoms with Crippen LogP contribution < -0.4 is 15.4 Å². The van der Waals surface area contributed by atoms with E-state index in [0.717, 1.165) is 17.7 Å². The molecule has 0 aliphatic carbocycles. The first-order valence-corrected chi connectivity index (χ1v) is 11.2. The molecule has 2 aromatic carbocycles. The summed E-state index contributed by atoms with van der Waals surface area (Å²) in [4.78, 5) is 38.5. The van der Waals surface area contributed by atoms with E-state index in [2.05, 4.69) is 10.6 Å². The maximum Gasteiger partial charge on any atom is 0.260 e.